The van der Waals surface area contributed by atoms with Crippen molar-refractivity contribution in [3.63, 3.8) is 0 Å². The molecule has 1 atom stereocenters. The average molecular weight is 337 g/mol. The Balaban J connectivity index is 1.82. The number of hydrogen-bond donors (Lipinski definition) is 4. The molecular formula is C17H15N5O3. The van der Waals surface area contributed by atoms with Gasteiger partial charge >= 0.3 is 0 Å². The summed E-state index contributed by atoms with van der Waals surface area (Å²) in [6.07, 6.45) is -1.15. The molecule has 1 unspecified atom stereocenters. The Hall–Kier alpha value is -3.23. The smallest absolute Gasteiger partial charge is 0.272 e. The van der Waals surface area contributed by atoms with Crippen LogP contribution < -0.4 is 10.9 Å². The van der Waals surface area contributed by atoms with Gasteiger partial charge in [0, 0.05) is 18.1 Å². The van der Waals surface area contributed by atoms with Gasteiger partial charge in [0.2, 0.25) is 12.4 Å². The molecule has 25 heavy (non-hydrogen) atoms. The minimum atomic E-state index is -1.15. The van der Waals surface area contributed by atoms with Crippen LogP contribution in [0.15, 0.2) is 47.3 Å². The van der Waals surface area contributed by atoms with Crippen molar-refractivity contribution < 1.29 is 9.84 Å². The van der Waals surface area contributed by atoms with Crippen molar-refractivity contribution in [2.45, 2.75) is 6.41 Å². The number of aromatic nitrogens is 4. The summed E-state index contributed by atoms with van der Waals surface area (Å²) in [5, 5.41) is 20.2. The number of H-pyrrole nitrogens is 2. The Kier molecular flexibility index (Phi) is 3.68. The van der Waals surface area contributed by atoms with E-state index in [1.54, 1.807) is 6.07 Å². The Morgan fingerprint density at radius 2 is 2.00 bits per heavy atom. The molecule has 2 aromatic carbocycles. The first kappa shape index (κ1) is 15.3. The van der Waals surface area contributed by atoms with E-state index < -0.39 is 6.41 Å². The lowest BCUT2D eigenvalue weighted by atomic mass is 10.0. The molecule has 0 saturated carbocycles. The van der Waals surface area contributed by atoms with Crippen LogP contribution in [-0.4, -0.2) is 38.8 Å². The van der Waals surface area contributed by atoms with Gasteiger partial charge < -0.3 is 20.1 Å². The molecule has 0 radical (unpaired) electrons. The number of methoxy groups -OCH3 is 1. The van der Waals surface area contributed by atoms with Crippen LogP contribution in [0.2, 0.25) is 0 Å². The third-order valence-electron chi connectivity index (χ3n) is 3.94. The van der Waals surface area contributed by atoms with Crippen molar-refractivity contribution >= 4 is 27.8 Å². The van der Waals surface area contributed by atoms with Crippen LogP contribution in [0.4, 0.5) is 5.95 Å². The van der Waals surface area contributed by atoms with Gasteiger partial charge in [0.25, 0.3) is 5.56 Å². The van der Waals surface area contributed by atoms with E-state index in [4.69, 9.17) is 4.74 Å². The number of hydrogen-bond acceptors (Lipinski definition) is 6. The number of nitrogens with one attached hydrogen (secondary N) is 3. The van der Waals surface area contributed by atoms with Crippen molar-refractivity contribution in [2.75, 3.05) is 12.4 Å². The molecule has 2 aromatic heterocycles. The molecule has 8 nitrogen and oxygen atoms in total. The highest BCUT2D eigenvalue weighted by Gasteiger charge is 2.11. The summed E-state index contributed by atoms with van der Waals surface area (Å²) in [6.45, 7) is 0. The van der Waals surface area contributed by atoms with Crippen molar-refractivity contribution in [2.24, 2.45) is 0 Å². The normalized spacial score (nSPS) is 12.6. The Bertz CT molecular complexity index is 1120. The van der Waals surface area contributed by atoms with Crippen LogP contribution in [-0.2, 0) is 4.74 Å². The molecule has 4 rings (SSSR count). The maximum Gasteiger partial charge on any atom is 0.272 e. The molecule has 0 saturated heterocycles. The number of aromatic amines is 2. The van der Waals surface area contributed by atoms with Gasteiger partial charge in [-0.15, -0.1) is 0 Å². The zero-order chi connectivity index (χ0) is 17.4. The minimum absolute atomic E-state index is 0.222. The van der Waals surface area contributed by atoms with Crippen LogP contribution in [0.25, 0.3) is 33.1 Å². The highest BCUT2D eigenvalue weighted by Crippen LogP contribution is 2.27. The van der Waals surface area contributed by atoms with Crippen molar-refractivity contribution in [1.82, 2.24) is 20.2 Å². The molecule has 0 spiro atoms. The van der Waals surface area contributed by atoms with Crippen LogP contribution in [0.5, 0.6) is 0 Å². The van der Waals surface area contributed by atoms with E-state index in [0.717, 1.165) is 16.5 Å². The number of fused-ring (bicyclic) bond motifs is 2. The van der Waals surface area contributed by atoms with Gasteiger partial charge in [-0.2, -0.15) is 5.10 Å². The summed E-state index contributed by atoms with van der Waals surface area (Å²) in [5.41, 5.74) is 2.76. The number of benzene rings is 2. The topological polar surface area (TPSA) is 116 Å². The molecule has 0 aliphatic rings. The average Bonchev–Trinajstić information content (AvgIpc) is 3.03. The van der Waals surface area contributed by atoms with Crippen LogP contribution in [0.3, 0.4) is 0 Å². The van der Waals surface area contributed by atoms with Crippen LogP contribution in [0, 0.1) is 0 Å². The Labute approximate surface area is 141 Å². The zero-order valence-electron chi connectivity index (χ0n) is 13.3. The quantitative estimate of drug-likeness (QED) is 0.422. The summed E-state index contributed by atoms with van der Waals surface area (Å²) in [6, 6.07) is 12.9. The van der Waals surface area contributed by atoms with Crippen molar-refractivity contribution in [3.05, 3.63) is 52.8 Å². The van der Waals surface area contributed by atoms with E-state index in [1.807, 2.05) is 36.4 Å². The minimum Gasteiger partial charge on any atom is -0.351 e. The number of imidazole rings is 1. The van der Waals surface area contributed by atoms with Crippen molar-refractivity contribution in [3.8, 4) is 11.3 Å². The second-order valence-corrected chi connectivity index (χ2v) is 5.50. The fourth-order valence-electron chi connectivity index (χ4n) is 2.73. The molecular weight excluding hydrogens is 322 g/mol. The standard InChI is InChI=1S/C17H15N5O3/c1-25-17(24)20-16-18-12-7-6-9(8-13(12)19-16)14-10-4-2-3-5-11(10)15(23)22-21-14/h2-8,17,24H,1H3,(H,22,23)(H2,18,19,20). The molecule has 4 aromatic rings. The van der Waals surface area contributed by atoms with Gasteiger partial charge in [-0.3, -0.25) is 4.79 Å². The first-order valence-electron chi connectivity index (χ1n) is 7.60. The first-order chi connectivity index (χ1) is 12.2. The number of anilines is 1. The van der Waals surface area contributed by atoms with Gasteiger partial charge in [-0.25, -0.2) is 10.1 Å². The molecule has 0 amide bonds. The van der Waals surface area contributed by atoms with Gasteiger partial charge in [0.05, 0.1) is 22.1 Å². The highest BCUT2D eigenvalue weighted by molar-refractivity contribution is 5.95. The Morgan fingerprint density at radius 3 is 2.80 bits per heavy atom. The van der Waals surface area contributed by atoms with Gasteiger partial charge in [-0.1, -0.05) is 24.3 Å². The van der Waals surface area contributed by atoms with E-state index in [9.17, 15) is 9.90 Å². The lowest BCUT2D eigenvalue weighted by Crippen LogP contribution is -2.20. The SMILES string of the molecule is COC(O)Nc1nc2cc(-c3n[nH]c(=O)c4ccccc34)ccc2[nH]1. The maximum absolute atomic E-state index is 11.9. The lowest BCUT2D eigenvalue weighted by Gasteiger charge is -2.07. The Morgan fingerprint density at radius 1 is 1.20 bits per heavy atom. The van der Waals surface area contributed by atoms with E-state index >= 15 is 0 Å². The van der Waals surface area contributed by atoms with E-state index in [1.165, 1.54) is 7.11 Å². The largest absolute Gasteiger partial charge is 0.351 e. The van der Waals surface area contributed by atoms with Crippen LogP contribution in [0.1, 0.15) is 0 Å². The van der Waals surface area contributed by atoms with E-state index in [0.29, 0.717) is 22.5 Å². The molecule has 0 bridgehead atoms. The third kappa shape index (κ3) is 2.73. The van der Waals surface area contributed by atoms with Gasteiger partial charge in [0.15, 0.2) is 0 Å². The number of nitrogens with zero attached hydrogens (tertiary/aromatic N) is 2. The summed E-state index contributed by atoms with van der Waals surface area (Å²) in [5.74, 6) is 0.390. The van der Waals surface area contributed by atoms with Gasteiger partial charge in [0.1, 0.15) is 0 Å². The first-order valence-corrected chi connectivity index (χ1v) is 7.60. The summed E-state index contributed by atoms with van der Waals surface area (Å²) in [4.78, 5) is 19.4. The fraction of sp³-hybridized carbons (Fsp3) is 0.118. The number of rotatable bonds is 4. The second kappa shape index (κ2) is 6.00. The number of aliphatic hydroxyl groups excluding tert-OH is 1. The predicted octanol–water partition coefficient (Wildman–Crippen LogP) is 1.80. The summed E-state index contributed by atoms with van der Waals surface area (Å²) >= 11 is 0. The predicted molar refractivity (Wildman–Crippen MR) is 94.1 cm³/mol. The van der Waals surface area contributed by atoms with Crippen LogP contribution >= 0.6 is 0 Å². The molecule has 8 heteroatoms. The molecule has 126 valence electrons. The number of ether oxygens (including phenoxy) is 1. The molecule has 4 N–H and O–H groups in total. The lowest BCUT2D eigenvalue weighted by molar-refractivity contribution is -0.0514. The monoisotopic (exact) mass is 337 g/mol. The zero-order valence-corrected chi connectivity index (χ0v) is 13.3. The summed E-state index contributed by atoms with van der Waals surface area (Å²) < 4.78 is 4.74. The molecule has 0 aliphatic carbocycles. The van der Waals surface area contributed by atoms with Crippen molar-refractivity contribution in [1.29, 1.82) is 0 Å². The number of aliphatic hydroxyl groups is 1. The molecule has 0 aliphatic heterocycles. The highest BCUT2D eigenvalue weighted by atomic mass is 16.6. The second-order valence-electron chi connectivity index (χ2n) is 5.50. The summed E-state index contributed by atoms with van der Waals surface area (Å²) in [7, 11) is 1.38. The fourth-order valence-corrected chi connectivity index (χ4v) is 2.73. The molecule has 2 heterocycles. The third-order valence-corrected chi connectivity index (χ3v) is 3.94. The maximum atomic E-state index is 11.9. The van der Waals surface area contributed by atoms with E-state index in [-0.39, 0.29) is 5.56 Å². The van der Waals surface area contributed by atoms with E-state index in [2.05, 4.69) is 25.5 Å². The van der Waals surface area contributed by atoms with Gasteiger partial charge in [-0.05, 0) is 18.2 Å². The molecule has 0 fully saturated rings.